The Kier molecular flexibility index (Phi) is 4.56. The molecule has 31 heavy (non-hydrogen) atoms. The maximum Gasteiger partial charge on any atom is 0.0796 e. The highest BCUT2D eigenvalue weighted by Crippen LogP contribution is 2.79. The van der Waals surface area contributed by atoms with Crippen LogP contribution in [0.25, 0.3) is 0 Å². The van der Waals surface area contributed by atoms with Crippen molar-refractivity contribution in [2.24, 2.45) is 40.4 Å². The first-order valence-corrected chi connectivity index (χ1v) is 12.2. The molecule has 1 heterocycles. The van der Waals surface area contributed by atoms with Crippen LogP contribution in [-0.4, -0.2) is 97.3 Å². The van der Waals surface area contributed by atoms with Gasteiger partial charge in [0.2, 0.25) is 0 Å². The topological polar surface area (TPSA) is 91.6 Å². The number of nitrogens with zero attached hydrogens (tertiary/aromatic N) is 1. The Balaban J connectivity index is 1.62. The molecule has 1 saturated heterocycles. The molecule has 4 unspecified atom stereocenters. The summed E-state index contributed by atoms with van der Waals surface area (Å²) in [6.07, 6.45) is 1.65. The number of rotatable bonds is 5. The quantitative estimate of drug-likeness (QED) is 0.577. The van der Waals surface area contributed by atoms with Crippen molar-refractivity contribution < 1.29 is 29.5 Å². The van der Waals surface area contributed by atoms with Crippen molar-refractivity contribution in [2.75, 3.05) is 41.0 Å². The van der Waals surface area contributed by atoms with Gasteiger partial charge in [0.1, 0.15) is 0 Å². The van der Waals surface area contributed by atoms with E-state index in [9.17, 15) is 15.3 Å². The van der Waals surface area contributed by atoms with Crippen LogP contribution in [0.4, 0.5) is 0 Å². The van der Waals surface area contributed by atoms with E-state index in [1.807, 2.05) is 0 Å². The third-order valence-corrected chi connectivity index (χ3v) is 11.1. The monoisotopic (exact) mass is 437 g/mol. The second kappa shape index (κ2) is 6.65. The molecule has 0 aromatic heterocycles. The summed E-state index contributed by atoms with van der Waals surface area (Å²) in [5.74, 6) is -0.168. The summed E-state index contributed by atoms with van der Waals surface area (Å²) in [5, 5.41) is 35.7. The molecule has 176 valence electrons. The lowest BCUT2D eigenvalue weighted by atomic mass is 9.43. The number of fused-ring (bicyclic) bond motifs is 2. The molecule has 5 aliphatic carbocycles. The molecule has 6 fully saturated rings. The van der Waals surface area contributed by atoms with Gasteiger partial charge in [0, 0.05) is 74.8 Å². The van der Waals surface area contributed by atoms with Gasteiger partial charge in [-0.25, -0.2) is 0 Å². The summed E-state index contributed by atoms with van der Waals surface area (Å²) in [6, 6.07) is 0.0561. The second-order valence-electron chi connectivity index (χ2n) is 11.6. The van der Waals surface area contributed by atoms with E-state index in [1.165, 1.54) is 0 Å². The predicted octanol–water partition coefficient (Wildman–Crippen LogP) is 0.502. The number of aliphatic hydroxyl groups excluding tert-OH is 2. The van der Waals surface area contributed by atoms with Crippen LogP contribution in [0.5, 0.6) is 0 Å². The lowest BCUT2D eigenvalue weighted by molar-refractivity contribution is -0.272. The van der Waals surface area contributed by atoms with E-state index in [1.54, 1.807) is 21.3 Å². The lowest BCUT2D eigenvalue weighted by Gasteiger charge is -2.68. The molecule has 13 atom stereocenters. The zero-order chi connectivity index (χ0) is 21.9. The van der Waals surface area contributed by atoms with Gasteiger partial charge in [-0.15, -0.1) is 0 Å². The first kappa shape index (κ1) is 21.3. The number of likely N-dealkylation sites (tertiary alicyclic amines) is 1. The number of hydrogen-bond acceptors (Lipinski definition) is 7. The lowest BCUT2D eigenvalue weighted by Crippen LogP contribution is -2.76. The van der Waals surface area contributed by atoms with Gasteiger partial charge in [0.25, 0.3) is 0 Å². The summed E-state index contributed by atoms with van der Waals surface area (Å²) in [5.41, 5.74) is -1.54. The van der Waals surface area contributed by atoms with Crippen LogP contribution in [0.2, 0.25) is 0 Å². The molecular weight excluding hydrogens is 398 g/mol. The van der Waals surface area contributed by atoms with E-state index in [0.29, 0.717) is 13.0 Å². The summed E-state index contributed by atoms with van der Waals surface area (Å²) < 4.78 is 18.0. The van der Waals surface area contributed by atoms with Crippen molar-refractivity contribution in [1.82, 2.24) is 4.90 Å². The molecule has 6 rings (SSSR count). The second-order valence-corrected chi connectivity index (χ2v) is 11.6. The fourth-order valence-electron chi connectivity index (χ4n) is 10.7. The fourth-order valence-corrected chi connectivity index (χ4v) is 10.7. The van der Waals surface area contributed by atoms with E-state index in [0.717, 1.165) is 32.4 Å². The number of piperidine rings is 1. The molecule has 6 aliphatic rings. The molecule has 1 aliphatic heterocycles. The molecule has 5 saturated carbocycles. The van der Waals surface area contributed by atoms with Crippen LogP contribution in [0.1, 0.15) is 32.6 Å². The Morgan fingerprint density at radius 3 is 2.52 bits per heavy atom. The Labute approximate surface area is 185 Å². The highest BCUT2D eigenvalue weighted by atomic mass is 16.5. The molecule has 7 nitrogen and oxygen atoms in total. The van der Waals surface area contributed by atoms with E-state index in [2.05, 4.69) is 11.8 Å². The van der Waals surface area contributed by atoms with E-state index >= 15 is 0 Å². The van der Waals surface area contributed by atoms with Gasteiger partial charge in [-0.05, 0) is 31.7 Å². The third kappa shape index (κ3) is 2.12. The molecule has 0 radical (unpaired) electrons. The maximum atomic E-state index is 12.5. The summed E-state index contributed by atoms with van der Waals surface area (Å²) in [4.78, 5) is 2.52. The number of hydrogen-bond donors (Lipinski definition) is 3. The highest BCUT2D eigenvalue weighted by Gasteiger charge is 2.86. The summed E-state index contributed by atoms with van der Waals surface area (Å²) in [6.45, 7) is 4.63. The summed E-state index contributed by atoms with van der Waals surface area (Å²) >= 11 is 0. The van der Waals surface area contributed by atoms with Crippen LogP contribution < -0.4 is 0 Å². The van der Waals surface area contributed by atoms with E-state index < -0.39 is 17.8 Å². The van der Waals surface area contributed by atoms with Crippen molar-refractivity contribution in [3.05, 3.63) is 0 Å². The van der Waals surface area contributed by atoms with Crippen molar-refractivity contribution in [3.8, 4) is 0 Å². The number of aliphatic hydroxyl groups is 3. The molecular formula is C24H39NO6. The molecule has 7 bridgehead atoms. The fraction of sp³-hybridized carbons (Fsp3) is 1.00. The predicted molar refractivity (Wildman–Crippen MR) is 112 cm³/mol. The largest absolute Gasteiger partial charge is 0.392 e. The molecule has 0 amide bonds. The van der Waals surface area contributed by atoms with Crippen molar-refractivity contribution in [1.29, 1.82) is 0 Å². The molecule has 0 aromatic carbocycles. The standard InChI is InChI=1S/C24H39NO6/c1-5-25-10-22(11-29-2)7-6-15(26)24-13-8-12-14(30-3)9-23(28,16(13)18(12)27)17(21(24)25)19(31-4)20(22)24/h12-21,26-28H,5-11H2,1-4H3/t12-,13-,14?,15?,16-,17+,18?,19?,20-,21-,22+,23-,24+/m1/s1. The van der Waals surface area contributed by atoms with Gasteiger partial charge in [0.15, 0.2) is 0 Å². The SMILES string of the molecule is CCN1C[C@]2(COC)CCC(O)[C@@]34[C@@H]5C[C@@H]6C(OC)C[C@@](O)([C@H]5C6O)[C@@H](C(OC)[C@H]23)[C@@H]14. The number of ether oxygens (including phenoxy) is 3. The Bertz CT molecular complexity index is 752. The Hall–Kier alpha value is -0.280. The molecule has 7 heteroatoms. The van der Waals surface area contributed by atoms with Gasteiger partial charge in [-0.1, -0.05) is 6.92 Å². The zero-order valence-corrected chi connectivity index (χ0v) is 19.2. The molecule has 1 spiro atoms. The first-order chi connectivity index (χ1) is 14.9. The van der Waals surface area contributed by atoms with Gasteiger partial charge in [-0.2, -0.15) is 0 Å². The average molecular weight is 438 g/mol. The van der Waals surface area contributed by atoms with Crippen molar-refractivity contribution >= 4 is 0 Å². The van der Waals surface area contributed by atoms with Gasteiger partial charge in [0.05, 0.1) is 36.6 Å². The zero-order valence-electron chi connectivity index (χ0n) is 19.2. The summed E-state index contributed by atoms with van der Waals surface area (Å²) in [7, 11) is 5.24. The normalized spacial score (nSPS) is 61.6. The highest BCUT2D eigenvalue weighted by molar-refractivity contribution is 5.35. The maximum absolute atomic E-state index is 12.5. The van der Waals surface area contributed by atoms with Crippen molar-refractivity contribution in [3.63, 3.8) is 0 Å². The minimum Gasteiger partial charge on any atom is -0.392 e. The third-order valence-electron chi connectivity index (χ3n) is 11.1. The smallest absolute Gasteiger partial charge is 0.0796 e. The van der Waals surface area contributed by atoms with Crippen LogP contribution in [0, 0.1) is 40.4 Å². The van der Waals surface area contributed by atoms with Gasteiger partial charge >= 0.3 is 0 Å². The van der Waals surface area contributed by atoms with E-state index in [-0.39, 0.29) is 58.7 Å². The van der Waals surface area contributed by atoms with Gasteiger partial charge in [-0.3, -0.25) is 4.90 Å². The van der Waals surface area contributed by atoms with Crippen LogP contribution in [0.3, 0.4) is 0 Å². The van der Waals surface area contributed by atoms with Crippen LogP contribution in [0.15, 0.2) is 0 Å². The molecule has 0 aromatic rings. The minimum atomic E-state index is -1.05. The minimum absolute atomic E-state index is 0.0248. The van der Waals surface area contributed by atoms with E-state index in [4.69, 9.17) is 14.2 Å². The van der Waals surface area contributed by atoms with Gasteiger partial charge < -0.3 is 29.5 Å². The van der Waals surface area contributed by atoms with Crippen LogP contribution in [-0.2, 0) is 14.2 Å². The van der Waals surface area contributed by atoms with Crippen molar-refractivity contribution in [2.45, 2.75) is 68.7 Å². The average Bonchev–Trinajstić information content (AvgIpc) is 3.16. The Morgan fingerprint density at radius 1 is 1.10 bits per heavy atom. The molecule has 3 N–H and O–H groups in total. The first-order valence-electron chi connectivity index (χ1n) is 12.2. The number of methoxy groups -OCH3 is 3. The van der Waals surface area contributed by atoms with Crippen LogP contribution >= 0.6 is 0 Å². The Morgan fingerprint density at radius 2 is 1.87 bits per heavy atom.